The second kappa shape index (κ2) is 5.02. The Morgan fingerprint density at radius 1 is 1.30 bits per heavy atom. The molecule has 102 valence electrons. The fraction of sp³-hybridized carbons (Fsp3) is 0.188. The zero-order chi connectivity index (χ0) is 14.3. The van der Waals surface area contributed by atoms with E-state index >= 15 is 0 Å². The van der Waals surface area contributed by atoms with Crippen molar-refractivity contribution < 1.29 is 13.9 Å². The second-order valence-corrected chi connectivity index (χ2v) is 5.77. The summed E-state index contributed by atoms with van der Waals surface area (Å²) >= 11 is 3.33. The monoisotopic (exact) mass is 334 g/mol. The molecule has 1 aliphatic rings. The van der Waals surface area contributed by atoms with E-state index in [9.17, 15) is 9.18 Å². The molecule has 0 N–H and O–H groups in total. The zero-order valence-electron chi connectivity index (χ0n) is 10.8. The Bertz CT molecular complexity index is 697. The van der Waals surface area contributed by atoms with Crippen LogP contribution in [0.2, 0.25) is 0 Å². The molecule has 0 saturated heterocycles. The maximum atomic E-state index is 14.2. The number of rotatable bonds is 1. The minimum absolute atomic E-state index is 0.0292. The smallest absolute Gasteiger partial charge is 0.170 e. The van der Waals surface area contributed by atoms with E-state index in [0.29, 0.717) is 22.4 Å². The number of ketones is 1. The third-order valence-electron chi connectivity index (χ3n) is 3.45. The summed E-state index contributed by atoms with van der Waals surface area (Å²) in [6.07, 6.45) is -0.403. The molecule has 0 spiro atoms. The number of carbonyl (C=O) groups is 1. The number of Topliss-reactive ketones (excluding diaryl/α,β-unsaturated/α-hetero) is 1. The van der Waals surface area contributed by atoms with Crippen molar-refractivity contribution in [2.24, 2.45) is 0 Å². The number of carbonyl (C=O) groups excluding carboxylic acids is 1. The lowest BCUT2D eigenvalue weighted by Crippen LogP contribution is -2.21. The standard InChI is InChI=1S/C16H12BrFO2/c1-9-3-2-4-11(16(9)18)15-8-13(19)12-7-10(17)5-6-14(12)20-15/h2-7,15H,8H2,1H3. The predicted octanol–water partition coefficient (Wildman–Crippen LogP) is 4.60. The van der Waals surface area contributed by atoms with Gasteiger partial charge in [0.25, 0.3) is 0 Å². The van der Waals surface area contributed by atoms with Crippen LogP contribution in [0.3, 0.4) is 0 Å². The van der Waals surface area contributed by atoms with Crippen LogP contribution in [-0.4, -0.2) is 5.78 Å². The topological polar surface area (TPSA) is 26.3 Å². The van der Waals surface area contributed by atoms with Gasteiger partial charge in [-0.3, -0.25) is 4.79 Å². The number of hydrogen-bond donors (Lipinski definition) is 0. The zero-order valence-corrected chi connectivity index (χ0v) is 12.4. The van der Waals surface area contributed by atoms with Gasteiger partial charge in [-0.1, -0.05) is 34.1 Å². The molecule has 0 amide bonds. The van der Waals surface area contributed by atoms with Crippen LogP contribution in [0.25, 0.3) is 0 Å². The first kappa shape index (κ1) is 13.3. The number of halogens is 2. The van der Waals surface area contributed by atoms with E-state index in [-0.39, 0.29) is 18.0 Å². The van der Waals surface area contributed by atoms with E-state index < -0.39 is 6.10 Å². The van der Waals surface area contributed by atoms with Crippen LogP contribution in [0.1, 0.15) is 34.0 Å². The van der Waals surface area contributed by atoms with Gasteiger partial charge >= 0.3 is 0 Å². The van der Waals surface area contributed by atoms with Crippen LogP contribution >= 0.6 is 15.9 Å². The van der Waals surface area contributed by atoms with E-state index in [1.807, 2.05) is 0 Å². The molecule has 1 heterocycles. The van der Waals surface area contributed by atoms with Crippen molar-refractivity contribution >= 4 is 21.7 Å². The number of benzene rings is 2. The Morgan fingerprint density at radius 3 is 2.90 bits per heavy atom. The van der Waals surface area contributed by atoms with E-state index in [1.165, 1.54) is 0 Å². The molecule has 4 heteroatoms. The highest BCUT2D eigenvalue weighted by atomic mass is 79.9. The first-order valence-electron chi connectivity index (χ1n) is 6.30. The molecule has 0 aromatic heterocycles. The minimum atomic E-state index is -0.559. The largest absolute Gasteiger partial charge is 0.484 e. The Morgan fingerprint density at radius 2 is 2.10 bits per heavy atom. The van der Waals surface area contributed by atoms with Crippen LogP contribution in [0.4, 0.5) is 4.39 Å². The van der Waals surface area contributed by atoms with Crippen molar-refractivity contribution in [3.05, 3.63) is 63.4 Å². The molecule has 2 aromatic carbocycles. The highest BCUT2D eigenvalue weighted by Crippen LogP contribution is 2.37. The third-order valence-corrected chi connectivity index (χ3v) is 3.94. The minimum Gasteiger partial charge on any atom is -0.484 e. The molecule has 2 nitrogen and oxygen atoms in total. The highest BCUT2D eigenvalue weighted by molar-refractivity contribution is 9.10. The second-order valence-electron chi connectivity index (χ2n) is 4.85. The molecular formula is C16H12BrFO2. The lowest BCUT2D eigenvalue weighted by atomic mass is 9.95. The Labute approximate surface area is 124 Å². The third kappa shape index (κ3) is 2.24. The summed E-state index contributed by atoms with van der Waals surface area (Å²) in [4.78, 5) is 12.2. The molecule has 20 heavy (non-hydrogen) atoms. The van der Waals surface area contributed by atoms with Gasteiger partial charge in [0.1, 0.15) is 17.7 Å². The van der Waals surface area contributed by atoms with Gasteiger partial charge in [-0.25, -0.2) is 4.39 Å². The molecule has 0 fully saturated rings. The van der Waals surface area contributed by atoms with Gasteiger partial charge in [0.05, 0.1) is 12.0 Å². The summed E-state index contributed by atoms with van der Waals surface area (Å²) in [5, 5.41) is 0. The Balaban J connectivity index is 2.01. The molecule has 2 aromatic rings. The fourth-order valence-corrected chi connectivity index (χ4v) is 2.75. The van der Waals surface area contributed by atoms with Crippen LogP contribution in [0.15, 0.2) is 40.9 Å². The van der Waals surface area contributed by atoms with Crippen molar-refractivity contribution in [3.8, 4) is 5.75 Å². The van der Waals surface area contributed by atoms with Crippen LogP contribution in [-0.2, 0) is 0 Å². The summed E-state index contributed by atoms with van der Waals surface area (Å²) < 4.78 is 20.8. The van der Waals surface area contributed by atoms with Crippen molar-refractivity contribution in [3.63, 3.8) is 0 Å². The van der Waals surface area contributed by atoms with E-state index in [1.54, 1.807) is 43.3 Å². The molecule has 3 rings (SSSR count). The average molecular weight is 335 g/mol. The summed E-state index contributed by atoms with van der Waals surface area (Å²) in [7, 11) is 0. The predicted molar refractivity (Wildman–Crippen MR) is 77.6 cm³/mol. The maximum Gasteiger partial charge on any atom is 0.170 e. The number of hydrogen-bond acceptors (Lipinski definition) is 2. The van der Waals surface area contributed by atoms with E-state index in [2.05, 4.69) is 15.9 Å². The molecule has 0 saturated carbocycles. The summed E-state index contributed by atoms with van der Waals surface area (Å²) in [5.41, 5.74) is 1.54. The highest BCUT2D eigenvalue weighted by Gasteiger charge is 2.29. The number of aryl methyl sites for hydroxylation is 1. The van der Waals surface area contributed by atoms with Crippen LogP contribution in [0, 0.1) is 12.7 Å². The maximum absolute atomic E-state index is 14.2. The van der Waals surface area contributed by atoms with Gasteiger partial charge in [0, 0.05) is 10.0 Å². The lowest BCUT2D eigenvalue weighted by Gasteiger charge is -2.26. The first-order valence-corrected chi connectivity index (χ1v) is 7.10. The number of ether oxygens (including phenoxy) is 1. The lowest BCUT2D eigenvalue weighted by molar-refractivity contribution is 0.0845. The van der Waals surface area contributed by atoms with Gasteiger partial charge in [-0.15, -0.1) is 0 Å². The summed E-state index contributed by atoms with van der Waals surface area (Å²) in [6.45, 7) is 1.70. The molecule has 0 aliphatic carbocycles. The van der Waals surface area contributed by atoms with Crippen LogP contribution < -0.4 is 4.74 Å². The van der Waals surface area contributed by atoms with Crippen molar-refractivity contribution in [1.29, 1.82) is 0 Å². The average Bonchev–Trinajstić information content (AvgIpc) is 2.42. The van der Waals surface area contributed by atoms with Crippen molar-refractivity contribution in [2.45, 2.75) is 19.4 Å². The quantitative estimate of drug-likeness (QED) is 0.761. The summed E-state index contributed by atoms with van der Waals surface area (Å²) in [6, 6.07) is 10.4. The van der Waals surface area contributed by atoms with Gasteiger partial charge in [-0.2, -0.15) is 0 Å². The molecule has 1 unspecified atom stereocenters. The molecule has 0 radical (unpaired) electrons. The Kier molecular flexibility index (Phi) is 3.34. The van der Waals surface area contributed by atoms with Gasteiger partial charge in [0.15, 0.2) is 5.78 Å². The summed E-state index contributed by atoms with van der Waals surface area (Å²) in [5.74, 6) is 0.180. The van der Waals surface area contributed by atoms with Gasteiger partial charge in [0.2, 0.25) is 0 Å². The molecule has 1 aliphatic heterocycles. The van der Waals surface area contributed by atoms with Gasteiger partial charge < -0.3 is 4.74 Å². The first-order chi connectivity index (χ1) is 9.56. The number of fused-ring (bicyclic) bond motifs is 1. The Hall–Kier alpha value is -1.68. The van der Waals surface area contributed by atoms with E-state index in [0.717, 1.165) is 4.47 Å². The molecular weight excluding hydrogens is 323 g/mol. The van der Waals surface area contributed by atoms with E-state index in [4.69, 9.17) is 4.74 Å². The normalized spacial score (nSPS) is 17.6. The molecule has 1 atom stereocenters. The van der Waals surface area contributed by atoms with Crippen molar-refractivity contribution in [2.75, 3.05) is 0 Å². The van der Waals surface area contributed by atoms with Crippen molar-refractivity contribution in [1.82, 2.24) is 0 Å². The van der Waals surface area contributed by atoms with Gasteiger partial charge in [-0.05, 0) is 30.7 Å². The molecule has 0 bridgehead atoms. The fourth-order valence-electron chi connectivity index (χ4n) is 2.39. The van der Waals surface area contributed by atoms with Crippen LogP contribution in [0.5, 0.6) is 5.75 Å². The SMILES string of the molecule is Cc1cccc(C2CC(=O)c3cc(Br)ccc3O2)c1F.